The summed E-state index contributed by atoms with van der Waals surface area (Å²) in [7, 11) is 0. The maximum Gasteiger partial charge on any atom is 0.196 e. The summed E-state index contributed by atoms with van der Waals surface area (Å²) in [6.07, 6.45) is 0.302. The Morgan fingerprint density at radius 2 is 1.42 bits per heavy atom. The summed E-state index contributed by atoms with van der Waals surface area (Å²) in [5, 5.41) is 0. The van der Waals surface area contributed by atoms with E-state index in [1.165, 1.54) is 0 Å². The topological polar surface area (TPSA) is 27.7 Å². The lowest BCUT2D eigenvalue weighted by Gasteiger charge is -2.47. The van der Waals surface area contributed by atoms with Crippen LogP contribution in [0.25, 0.3) is 0 Å². The molecule has 2 aliphatic carbocycles. The summed E-state index contributed by atoms with van der Waals surface area (Å²) in [5.41, 5.74) is 0.975. The van der Waals surface area contributed by atoms with Crippen molar-refractivity contribution < 1.29 is 14.5 Å². The number of hydrogen-bond acceptors (Lipinski definition) is 3. The molecule has 136 valence electrons. The summed E-state index contributed by atoms with van der Waals surface area (Å²) in [6.45, 7) is 3.69. The van der Waals surface area contributed by atoms with Crippen LogP contribution in [0.1, 0.15) is 31.4 Å². The largest absolute Gasteiger partial charge is 0.340 e. The molecule has 0 unspecified atom stereocenters. The number of hydrogen-bond donors (Lipinski definition) is 0. The maximum atomic E-state index is 6.85. The molecule has 1 aliphatic heterocycles. The van der Waals surface area contributed by atoms with E-state index in [-0.39, 0.29) is 12.0 Å². The Kier molecular flexibility index (Phi) is 3.43. The van der Waals surface area contributed by atoms with Gasteiger partial charge in [-0.15, -0.1) is 23.2 Å². The highest BCUT2D eigenvalue weighted by molar-refractivity contribution is 6.52. The fraction of sp³-hybridized carbons (Fsp3) is 0.429. The van der Waals surface area contributed by atoms with E-state index in [9.17, 15) is 0 Å². The molecule has 3 fully saturated rings. The van der Waals surface area contributed by atoms with Gasteiger partial charge in [0, 0.05) is 11.3 Å². The lowest BCUT2D eigenvalue weighted by Crippen LogP contribution is -2.54. The molecule has 1 heterocycles. The van der Waals surface area contributed by atoms with E-state index in [4.69, 9.17) is 37.7 Å². The van der Waals surface area contributed by atoms with Gasteiger partial charge in [-0.3, -0.25) is 0 Å². The van der Waals surface area contributed by atoms with Crippen molar-refractivity contribution in [1.82, 2.24) is 0 Å². The minimum Gasteiger partial charge on any atom is -0.340 e. The Morgan fingerprint density at radius 1 is 0.846 bits per heavy atom. The van der Waals surface area contributed by atoms with Gasteiger partial charge >= 0.3 is 0 Å². The third-order valence-electron chi connectivity index (χ3n) is 6.09. The van der Waals surface area contributed by atoms with Gasteiger partial charge in [0.15, 0.2) is 11.4 Å². The van der Waals surface area contributed by atoms with Crippen molar-refractivity contribution in [1.29, 1.82) is 0 Å². The van der Waals surface area contributed by atoms with Gasteiger partial charge in [0.05, 0.1) is 0 Å². The van der Waals surface area contributed by atoms with E-state index in [0.717, 1.165) is 11.1 Å². The highest BCUT2D eigenvalue weighted by Crippen LogP contribution is 2.81. The molecular formula is C21H20Cl2O3. The van der Waals surface area contributed by atoms with Crippen molar-refractivity contribution in [2.45, 2.75) is 47.5 Å². The highest BCUT2D eigenvalue weighted by Gasteiger charge is 2.88. The van der Waals surface area contributed by atoms with Crippen molar-refractivity contribution >= 4 is 23.2 Å². The molecule has 0 spiro atoms. The third-order valence-corrected chi connectivity index (χ3v) is 7.23. The first-order chi connectivity index (χ1) is 12.3. The maximum absolute atomic E-state index is 6.85. The quantitative estimate of drug-likeness (QED) is 0.526. The zero-order valence-corrected chi connectivity index (χ0v) is 16.1. The Morgan fingerprint density at radius 3 is 2.04 bits per heavy atom. The molecule has 3 nitrogen and oxygen atoms in total. The van der Waals surface area contributed by atoms with Crippen LogP contribution >= 0.6 is 23.2 Å². The van der Waals surface area contributed by atoms with Crippen LogP contribution in [0.3, 0.4) is 0 Å². The smallest absolute Gasteiger partial charge is 0.196 e. The molecule has 4 atom stereocenters. The zero-order chi connectivity index (χ0) is 18.2. The first-order valence-corrected chi connectivity index (χ1v) is 9.63. The fourth-order valence-corrected chi connectivity index (χ4v) is 6.01. The number of ether oxygens (including phenoxy) is 1. The number of benzene rings is 2. The molecule has 26 heavy (non-hydrogen) atoms. The minimum atomic E-state index is -0.895. The van der Waals surface area contributed by atoms with Gasteiger partial charge in [0.1, 0.15) is 10.4 Å². The molecule has 2 aromatic rings. The van der Waals surface area contributed by atoms with E-state index >= 15 is 0 Å². The van der Waals surface area contributed by atoms with Gasteiger partial charge in [-0.1, -0.05) is 60.7 Å². The van der Waals surface area contributed by atoms with Crippen molar-refractivity contribution in [2.75, 3.05) is 0 Å². The van der Waals surface area contributed by atoms with Crippen molar-refractivity contribution in [2.24, 2.45) is 5.92 Å². The summed E-state index contributed by atoms with van der Waals surface area (Å²) >= 11 is 13.7. The van der Waals surface area contributed by atoms with E-state index in [0.29, 0.717) is 6.42 Å². The molecule has 0 radical (unpaired) electrons. The molecule has 3 aliphatic rings. The lowest BCUT2D eigenvalue weighted by atomic mass is 9.82. The highest BCUT2D eigenvalue weighted by atomic mass is 35.5. The first-order valence-electron chi connectivity index (χ1n) is 8.87. The number of fused-ring (bicyclic) bond motifs is 3. The number of alkyl halides is 2. The molecular weight excluding hydrogens is 371 g/mol. The molecule has 0 aromatic heterocycles. The molecule has 5 rings (SSSR count). The van der Waals surface area contributed by atoms with Crippen LogP contribution in [-0.4, -0.2) is 16.2 Å². The Hall–Kier alpha value is -1.10. The number of halogens is 2. The Balaban J connectivity index is 1.67. The molecule has 0 bridgehead atoms. The summed E-state index contributed by atoms with van der Waals surface area (Å²) in [5.74, 6) is -0.938. The van der Waals surface area contributed by atoms with Crippen LogP contribution in [-0.2, 0) is 25.5 Å². The molecule has 0 N–H and O–H groups in total. The van der Waals surface area contributed by atoms with Crippen LogP contribution in [0.2, 0.25) is 0 Å². The van der Waals surface area contributed by atoms with Crippen LogP contribution in [0, 0.1) is 5.92 Å². The van der Waals surface area contributed by atoms with Gasteiger partial charge < -0.3 is 4.74 Å². The second-order valence-corrected chi connectivity index (χ2v) is 9.36. The van der Waals surface area contributed by atoms with Gasteiger partial charge in [0.2, 0.25) is 0 Å². The predicted molar refractivity (Wildman–Crippen MR) is 99.9 cm³/mol. The summed E-state index contributed by atoms with van der Waals surface area (Å²) in [6, 6.07) is 20.3. The molecule has 2 saturated carbocycles. The third kappa shape index (κ3) is 2.01. The minimum absolute atomic E-state index is 0.0795. The SMILES string of the molecule is CC1(C)OO[C@@]2(c3ccccc3)C[C@]3(c4ccccc4)[C@H]([C@H]2O1)C3(Cl)Cl. The van der Waals surface area contributed by atoms with Crippen molar-refractivity contribution in [3.05, 3.63) is 71.8 Å². The van der Waals surface area contributed by atoms with Gasteiger partial charge in [-0.05, 0) is 31.4 Å². The van der Waals surface area contributed by atoms with E-state index in [1.54, 1.807) is 0 Å². The van der Waals surface area contributed by atoms with Crippen molar-refractivity contribution in [3.8, 4) is 0 Å². The van der Waals surface area contributed by atoms with Gasteiger partial charge in [-0.2, -0.15) is 0 Å². The van der Waals surface area contributed by atoms with Crippen LogP contribution < -0.4 is 0 Å². The molecule has 1 saturated heterocycles. The van der Waals surface area contributed by atoms with Gasteiger partial charge in [-0.25, -0.2) is 9.78 Å². The van der Waals surface area contributed by atoms with Crippen molar-refractivity contribution in [3.63, 3.8) is 0 Å². The standard InChI is InChI=1S/C21H20Cl2O3/c1-18(2)24-17-16-19(21(16,22)23,14-9-5-3-6-10-14)13-20(17,26-25-18)15-11-7-4-8-12-15/h3-12,16-17H,13H2,1-2H3/t16-,17+,19-,20+/m0/s1. The fourth-order valence-electron chi connectivity index (χ4n) is 4.93. The predicted octanol–water partition coefficient (Wildman–Crippen LogP) is 5.11. The van der Waals surface area contributed by atoms with Crippen LogP contribution in [0.5, 0.6) is 0 Å². The van der Waals surface area contributed by atoms with E-state index in [1.807, 2.05) is 62.4 Å². The van der Waals surface area contributed by atoms with Gasteiger partial charge in [0.25, 0.3) is 0 Å². The Bertz CT molecular complexity index is 839. The van der Waals surface area contributed by atoms with Crippen LogP contribution in [0.15, 0.2) is 60.7 Å². The van der Waals surface area contributed by atoms with E-state index in [2.05, 4.69) is 12.1 Å². The normalized spacial score (nSPS) is 39.1. The monoisotopic (exact) mass is 390 g/mol. The zero-order valence-electron chi connectivity index (χ0n) is 14.6. The summed E-state index contributed by atoms with van der Waals surface area (Å²) < 4.78 is 5.48. The molecule has 0 amide bonds. The number of rotatable bonds is 2. The van der Waals surface area contributed by atoms with Crippen LogP contribution in [0.4, 0.5) is 0 Å². The second kappa shape index (κ2) is 5.24. The summed E-state index contributed by atoms with van der Waals surface area (Å²) in [4.78, 5) is 11.7. The average molecular weight is 391 g/mol. The second-order valence-electron chi connectivity index (χ2n) is 7.98. The lowest BCUT2D eigenvalue weighted by molar-refractivity contribution is -0.524. The molecule has 5 heteroatoms. The average Bonchev–Trinajstić information content (AvgIpc) is 2.95. The molecule has 2 aromatic carbocycles. The van der Waals surface area contributed by atoms with E-state index < -0.39 is 21.1 Å². The first kappa shape index (κ1) is 17.0. The Labute approximate surface area is 163 Å².